The number of rotatable bonds is 3. The van der Waals surface area contributed by atoms with Crippen LogP contribution in [0.25, 0.3) is 9.40 Å². The molecular formula is C12H11N3OS3. The van der Waals surface area contributed by atoms with E-state index in [4.69, 9.17) is 0 Å². The van der Waals surface area contributed by atoms with Crippen molar-refractivity contribution in [2.24, 2.45) is 0 Å². The third-order valence-electron chi connectivity index (χ3n) is 2.60. The Hall–Kier alpha value is -1.31. The summed E-state index contributed by atoms with van der Waals surface area (Å²) in [5.74, 6) is -0.0419. The minimum atomic E-state index is -0.0419. The van der Waals surface area contributed by atoms with Crippen LogP contribution in [0.1, 0.15) is 15.4 Å². The number of nitrogens with zero attached hydrogens (tertiary/aromatic N) is 2. The Labute approximate surface area is 122 Å². The minimum Gasteiger partial charge on any atom is -0.300 e. The third-order valence-corrected chi connectivity index (χ3v) is 5.57. The van der Waals surface area contributed by atoms with Gasteiger partial charge in [-0.05, 0) is 30.9 Å². The smallest absolute Gasteiger partial charge is 0.230 e. The van der Waals surface area contributed by atoms with Gasteiger partial charge in [0.15, 0.2) is 0 Å². The van der Waals surface area contributed by atoms with E-state index in [2.05, 4.69) is 33.9 Å². The SMILES string of the molecule is Cc1cc2c(CC(=O)Nc3nnc(C)s3)csc2s1. The molecule has 3 rings (SSSR count). The lowest BCUT2D eigenvalue weighted by molar-refractivity contribution is -0.115. The van der Waals surface area contributed by atoms with Gasteiger partial charge in [-0.15, -0.1) is 32.9 Å². The Morgan fingerprint density at radius 1 is 1.32 bits per heavy atom. The van der Waals surface area contributed by atoms with Crippen molar-refractivity contribution in [3.63, 3.8) is 0 Å². The molecule has 7 heteroatoms. The van der Waals surface area contributed by atoms with Gasteiger partial charge in [0.25, 0.3) is 0 Å². The molecule has 0 radical (unpaired) electrons. The van der Waals surface area contributed by atoms with Crippen LogP contribution in [0.3, 0.4) is 0 Å². The molecule has 0 bridgehead atoms. The summed E-state index contributed by atoms with van der Waals surface area (Å²) in [6, 6.07) is 2.15. The largest absolute Gasteiger partial charge is 0.300 e. The van der Waals surface area contributed by atoms with Gasteiger partial charge in [0.1, 0.15) is 5.01 Å². The fourth-order valence-corrected chi connectivity index (χ4v) is 4.70. The molecule has 0 aliphatic rings. The topological polar surface area (TPSA) is 54.9 Å². The van der Waals surface area contributed by atoms with Crippen LogP contribution in [0.5, 0.6) is 0 Å². The highest BCUT2D eigenvalue weighted by molar-refractivity contribution is 7.37. The first-order valence-corrected chi connectivity index (χ1v) is 8.19. The van der Waals surface area contributed by atoms with E-state index in [0.717, 1.165) is 10.6 Å². The van der Waals surface area contributed by atoms with Crippen LogP contribution < -0.4 is 5.32 Å². The summed E-state index contributed by atoms with van der Waals surface area (Å²) < 4.78 is 1.28. The van der Waals surface area contributed by atoms with Gasteiger partial charge in [0, 0.05) is 10.3 Å². The van der Waals surface area contributed by atoms with E-state index in [0.29, 0.717) is 11.6 Å². The molecule has 3 aromatic rings. The van der Waals surface area contributed by atoms with E-state index < -0.39 is 0 Å². The average Bonchev–Trinajstić information content (AvgIpc) is 2.98. The van der Waals surface area contributed by atoms with Gasteiger partial charge < -0.3 is 5.32 Å². The van der Waals surface area contributed by atoms with Crippen LogP contribution in [-0.2, 0) is 11.2 Å². The van der Waals surface area contributed by atoms with Gasteiger partial charge in [-0.2, -0.15) is 0 Å². The first kappa shape index (κ1) is 12.7. The molecule has 3 aromatic heterocycles. The number of carbonyl (C=O) groups excluding carboxylic acids is 1. The number of thiophene rings is 2. The highest BCUT2D eigenvalue weighted by atomic mass is 32.2. The summed E-state index contributed by atoms with van der Waals surface area (Å²) in [5, 5.41) is 15.2. The predicted molar refractivity (Wildman–Crippen MR) is 81.4 cm³/mol. The van der Waals surface area contributed by atoms with Crippen molar-refractivity contribution in [1.82, 2.24) is 10.2 Å². The van der Waals surface area contributed by atoms with Crippen molar-refractivity contribution in [3.8, 4) is 0 Å². The zero-order chi connectivity index (χ0) is 13.4. The standard InChI is InChI=1S/C12H11N3OS3/c1-6-3-9-8(5-17-11(9)18-6)4-10(16)13-12-15-14-7(2)19-12/h3,5H,4H2,1-2H3,(H,13,15,16). The summed E-state index contributed by atoms with van der Waals surface area (Å²) in [4.78, 5) is 13.3. The quantitative estimate of drug-likeness (QED) is 0.804. The van der Waals surface area contributed by atoms with Gasteiger partial charge >= 0.3 is 0 Å². The van der Waals surface area contributed by atoms with Gasteiger partial charge in [0.05, 0.1) is 10.4 Å². The normalized spacial score (nSPS) is 11.1. The zero-order valence-corrected chi connectivity index (χ0v) is 12.8. The summed E-state index contributed by atoms with van der Waals surface area (Å²) in [5.41, 5.74) is 1.09. The molecule has 0 saturated heterocycles. The van der Waals surface area contributed by atoms with Crippen molar-refractivity contribution in [2.45, 2.75) is 20.3 Å². The maximum absolute atomic E-state index is 12.0. The number of aromatic nitrogens is 2. The Morgan fingerprint density at radius 2 is 2.16 bits per heavy atom. The molecule has 0 aliphatic carbocycles. The summed E-state index contributed by atoms with van der Waals surface area (Å²) in [6.07, 6.45) is 0.384. The molecule has 0 aromatic carbocycles. The van der Waals surface area contributed by atoms with E-state index in [9.17, 15) is 4.79 Å². The molecule has 19 heavy (non-hydrogen) atoms. The fraction of sp³-hybridized carbons (Fsp3) is 0.250. The molecule has 3 heterocycles. The third kappa shape index (κ3) is 2.68. The van der Waals surface area contributed by atoms with Crippen LogP contribution in [0.2, 0.25) is 0 Å². The highest BCUT2D eigenvalue weighted by Crippen LogP contribution is 2.33. The number of hydrogen-bond acceptors (Lipinski definition) is 6. The molecule has 0 fully saturated rings. The number of hydrogen-bond donors (Lipinski definition) is 1. The maximum Gasteiger partial charge on any atom is 0.230 e. The van der Waals surface area contributed by atoms with Gasteiger partial charge in [0.2, 0.25) is 11.0 Å². The summed E-state index contributed by atoms with van der Waals surface area (Å²) >= 11 is 4.86. The zero-order valence-electron chi connectivity index (χ0n) is 10.4. The van der Waals surface area contributed by atoms with Gasteiger partial charge in [-0.3, -0.25) is 4.79 Å². The Balaban J connectivity index is 1.75. The van der Waals surface area contributed by atoms with Crippen molar-refractivity contribution in [3.05, 3.63) is 26.9 Å². The summed E-state index contributed by atoms with van der Waals surface area (Å²) in [7, 11) is 0. The number of carbonyl (C=O) groups is 1. The number of aryl methyl sites for hydroxylation is 2. The van der Waals surface area contributed by atoms with E-state index in [1.807, 2.05) is 6.92 Å². The van der Waals surface area contributed by atoms with Crippen LogP contribution in [0.15, 0.2) is 11.4 Å². The van der Waals surface area contributed by atoms with Crippen molar-refractivity contribution < 1.29 is 4.79 Å². The highest BCUT2D eigenvalue weighted by Gasteiger charge is 2.12. The first-order valence-electron chi connectivity index (χ1n) is 5.68. The van der Waals surface area contributed by atoms with E-state index in [1.54, 1.807) is 22.7 Å². The minimum absolute atomic E-state index is 0.0419. The molecule has 0 saturated carbocycles. The van der Waals surface area contributed by atoms with Gasteiger partial charge in [-0.1, -0.05) is 11.3 Å². The molecular weight excluding hydrogens is 298 g/mol. The molecule has 0 unspecified atom stereocenters. The molecule has 4 nitrogen and oxygen atoms in total. The van der Waals surface area contributed by atoms with Crippen LogP contribution >= 0.6 is 34.0 Å². The Kier molecular flexibility index (Phi) is 3.34. The fourth-order valence-electron chi connectivity index (χ4n) is 1.81. The number of amides is 1. The van der Waals surface area contributed by atoms with Crippen molar-refractivity contribution in [1.29, 1.82) is 0 Å². The number of anilines is 1. The van der Waals surface area contributed by atoms with Crippen LogP contribution in [0, 0.1) is 13.8 Å². The second-order valence-corrected chi connectivity index (χ2v) is 7.75. The lowest BCUT2D eigenvalue weighted by Gasteiger charge is -1.99. The second kappa shape index (κ2) is 4.99. The monoisotopic (exact) mass is 309 g/mol. The molecule has 1 N–H and O–H groups in total. The average molecular weight is 309 g/mol. The lowest BCUT2D eigenvalue weighted by atomic mass is 10.1. The van der Waals surface area contributed by atoms with E-state index in [-0.39, 0.29) is 5.91 Å². The molecule has 98 valence electrons. The first-order chi connectivity index (χ1) is 9.11. The number of fused-ring (bicyclic) bond motifs is 1. The van der Waals surface area contributed by atoms with Crippen LogP contribution in [0.4, 0.5) is 5.13 Å². The molecule has 1 amide bonds. The Bertz CT molecular complexity index is 740. The van der Waals surface area contributed by atoms with Crippen molar-refractivity contribution >= 4 is 54.4 Å². The predicted octanol–water partition coefficient (Wildman–Crippen LogP) is 3.61. The number of nitrogens with one attached hydrogen (secondary N) is 1. The van der Waals surface area contributed by atoms with E-state index >= 15 is 0 Å². The second-order valence-electron chi connectivity index (χ2n) is 4.17. The maximum atomic E-state index is 12.0. The van der Waals surface area contributed by atoms with E-state index in [1.165, 1.54) is 25.6 Å². The van der Waals surface area contributed by atoms with Crippen LogP contribution in [-0.4, -0.2) is 16.1 Å². The van der Waals surface area contributed by atoms with Crippen molar-refractivity contribution in [2.75, 3.05) is 5.32 Å². The van der Waals surface area contributed by atoms with Gasteiger partial charge in [-0.25, -0.2) is 0 Å². The molecule has 0 aliphatic heterocycles. The Morgan fingerprint density at radius 3 is 2.89 bits per heavy atom. The lowest BCUT2D eigenvalue weighted by Crippen LogP contribution is -2.13. The molecule has 0 atom stereocenters. The molecule has 0 spiro atoms. The summed E-state index contributed by atoms with van der Waals surface area (Å²) in [6.45, 7) is 3.95.